The van der Waals surface area contributed by atoms with E-state index in [-0.39, 0.29) is 12.1 Å². The van der Waals surface area contributed by atoms with Crippen LogP contribution in [0.15, 0.2) is 59.1 Å². The molecule has 0 saturated carbocycles. The summed E-state index contributed by atoms with van der Waals surface area (Å²) in [5.41, 5.74) is 1.68. The van der Waals surface area contributed by atoms with Crippen molar-refractivity contribution in [2.24, 2.45) is 0 Å². The Morgan fingerprint density at radius 1 is 1.21 bits per heavy atom. The molecular weight excluding hydrogens is 429 g/mol. The largest absolute Gasteiger partial charge is 0.459 e. The fourth-order valence-electron chi connectivity index (χ4n) is 3.49. The Morgan fingerprint density at radius 3 is 2.79 bits per heavy atom. The second kappa shape index (κ2) is 8.71. The smallest absolute Gasteiger partial charge is 0.170 e. The normalized spacial score (nSPS) is 18.9. The van der Waals surface area contributed by atoms with Gasteiger partial charge in [0.1, 0.15) is 17.6 Å². The summed E-state index contributed by atoms with van der Waals surface area (Å²) in [5, 5.41) is 5.14. The van der Waals surface area contributed by atoms with Gasteiger partial charge in [-0.15, -0.1) is 0 Å². The molecule has 0 amide bonds. The van der Waals surface area contributed by atoms with Gasteiger partial charge in [0.05, 0.1) is 23.4 Å². The van der Waals surface area contributed by atoms with E-state index in [2.05, 4.69) is 15.2 Å². The molecule has 2 atom stereocenters. The number of nitrogens with zero attached hydrogens (tertiary/aromatic N) is 2. The summed E-state index contributed by atoms with van der Waals surface area (Å²) < 4.78 is 11.5. The van der Waals surface area contributed by atoms with Gasteiger partial charge in [-0.05, 0) is 54.7 Å². The molecule has 1 saturated heterocycles. The SMILES string of the molecule is COCCN1C(=S)N[C@H](c2ccccn2)[C@@H]1c1ccc(-c2ccc(Cl)cc2Cl)o1. The molecule has 3 heterocycles. The Bertz CT molecular complexity index is 1010. The number of halogens is 2. The molecular formula is C21H19Cl2N3O2S. The van der Waals surface area contributed by atoms with Gasteiger partial charge >= 0.3 is 0 Å². The summed E-state index contributed by atoms with van der Waals surface area (Å²) in [7, 11) is 1.67. The standard InChI is InChI=1S/C21H19Cl2N3O2S/c1-27-11-10-26-20(19(25-21(26)29)16-4-2-3-9-24-16)18-8-7-17(28-18)14-6-5-13(22)12-15(14)23/h2-9,12,19-20H,10-11H2,1H3,(H,25,29)/t19-,20+/m1/s1. The van der Waals surface area contributed by atoms with Gasteiger partial charge in [0.15, 0.2) is 5.11 Å². The molecule has 1 aliphatic heterocycles. The maximum atomic E-state index is 6.36. The Labute approximate surface area is 184 Å². The van der Waals surface area contributed by atoms with Gasteiger partial charge in [0.2, 0.25) is 0 Å². The zero-order valence-electron chi connectivity index (χ0n) is 15.6. The Balaban J connectivity index is 1.72. The van der Waals surface area contributed by atoms with Crippen LogP contribution < -0.4 is 5.32 Å². The van der Waals surface area contributed by atoms with Gasteiger partial charge in [-0.2, -0.15) is 0 Å². The highest BCUT2D eigenvalue weighted by atomic mass is 35.5. The molecule has 150 valence electrons. The molecule has 1 aliphatic rings. The van der Waals surface area contributed by atoms with E-state index in [0.29, 0.717) is 34.1 Å². The third-order valence-corrected chi connectivity index (χ3v) is 5.75. The lowest BCUT2D eigenvalue weighted by Crippen LogP contribution is -2.32. The number of hydrogen-bond acceptors (Lipinski definition) is 4. The van der Waals surface area contributed by atoms with Crippen LogP contribution in [0.5, 0.6) is 0 Å². The minimum atomic E-state index is -0.160. The summed E-state index contributed by atoms with van der Waals surface area (Å²) in [6, 6.07) is 14.7. The first kappa shape index (κ1) is 20.2. The lowest BCUT2D eigenvalue weighted by atomic mass is 10.0. The zero-order valence-corrected chi connectivity index (χ0v) is 18.0. The monoisotopic (exact) mass is 447 g/mol. The number of ether oxygens (including phenoxy) is 1. The van der Waals surface area contributed by atoms with Crippen LogP contribution in [0.25, 0.3) is 11.3 Å². The first-order chi connectivity index (χ1) is 14.1. The van der Waals surface area contributed by atoms with E-state index < -0.39 is 0 Å². The van der Waals surface area contributed by atoms with Crippen molar-refractivity contribution in [2.45, 2.75) is 12.1 Å². The van der Waals surface area contributed by atoms with Gasteiger partial charge in [-0.1, -0.05) is 29.3 Å². The number of aromatic nitrogens is 1. The van der Waals surface area contributed by atoms with Crippen LogP contribution >= 0.6 is 35.4 Å². The van der Waals surface area contributed by atoms with E-state index in [1.54, 1.807) is 25.4 Å². The minimum absolute atomic E-state index is 0.139. The predicted molar refractivity (Wildman–Crippen MR) is 118 cm³/mol. The average Bonchev–Trinajstić information content (AvgIpc) is 3.31. The average molecular weight is 448 g/mol. The van der Waals surface area contributed by atoms with Crippen LogP contribution in [0, 0.1) is 0 Å². The molecule has 5 nitrogen and oxygen atoms in total. The first-order valence-corrected chi connectivity index (χ1v) is 10.3. The van der Waals surface area contributed by atoms with E-state index in [4.69, 9.17) is 44.6 Å². The number of rotatable bonds is 6. The topological polar surface area (TPSA) is 50.5 Å². The van der Waals surface area contributed by atoms with E-state index in [1.807, 2.05) is 36.4 Å². The summed E-state index contributed by atoms with van der Waals surface area (Å²) >= 11 is 18.0. The number of hydrogen-bond donors (Lipinski definition) is 1. The van der Waals surface area contributed by atoms with Crippen LogP contribution in [-0.2, 0) is 4.74 Å². The van der Waals surface area contributed by atoms with Crippen molar-refractivity contribution in [3.05, 3.63) is 76.2 Å². The number of pyridine rings is 1. The molecule has 0 spiro atoms. The third kappa shape index (κ3) is 4.12. The fraction of sp³-hybridized carbons (Fsp3) is 0.238. The van der Waals surface area contributed by atoms with Crippen molar-refractivity contribution < 1.29 is 9.15 Å². The number of benzene rings is 1. The van der Waals surface area contributed by atoms with Gasteiger partial charge in [0, 0.05) is 30.4 Å². The fourth-order valence-corrected chi connectivity index (χ4v) is 4.32. The summed E-state index contributed by atoms with van der Waals surface area (Å²) in [5.74, 6) is 1.44. The van der Waals surface area contributed by atoms with E-state index >= 15 is 0 Å². The number of nitrogens with one attached hydrogen (secondary N) is 1. The van der Waals surface area contributed by atoms with Crippen LogP contribution in [-0.4, -0.2) is 35.3 Å². The highest BCUT2D eigenvalue weighted by molar-refractivity contribution is 7.80. The molecule has 1 N–H and O–H groups in total. The minimum Gasteiger partial charge on any atom is -0.459 e. The molecule has 0 aliphatic carbocycles. The Kier molecular flexibility index (Phi) is 6.06. The molecule has 1 fully saturated rings. The van der Waals surface area contributed by atoms with Crippen LogP contribution in [0.3, 0.4) is 0 Å². The Hall–Kier alpha value is -2.12. The Morgan fingerprint density at radius 2 is 2.07 bits per heavy atom. The lowest BCUT2D eigenvalue weighted by Gasteiger charge is -2.25. The van der Waals surface area contributed by atoms with Gasteiger partial charge < -0.3 is 19.4 Å². The maximum absolute atomic E-state index is 6.36. The summed E-state index contributed by atoms with van der Waals surface area (Å²) in [4.78, 5) is 6.59. The summed E-state index contributed by atoms with van der Waals surface area (Å²) in [6.07, 6.45) is 1.77. The maximum Gasteiger partial charge on any atom is 0.170 e. The van der Waals surface area contributed by atoms with Crippen molar-refractivity contribution in [3.63, 3.8) is 0 Å². The van der Waals surface area contributed by atoms with Crippen molar-refractivity contribution >= 4 is 40.5 Å². The molecule has 1 aromatic carbocycles. The van der Waals surface area contributed by atoms with E-state index in [9.17, 15) is 0 Å². The van der Waals surface area contributed by atoms with Gasteiger partial charge in [-0.25, -0.2) is 0 Å². The molecule has 29 heavy (non-hydrogen) atoms. The van der Waals surface area contributed by atoms with Crippen molar-refractivity contribution in [1.82, 2.24) is 15.2 Å². The second-order valence-corrected chi connectivity index (χ2v) is 7.87. The quantitative estimate of drug-likeness (QED) is 0.519. The second-order valence-electron chi connectivity index (χ2n) is 6.64. The molecule has 8 heteroatoms. The third-order valence-electron chi connectivity index (χ3n) is 4.85. The molecule has 3 aromatic rings. The van der Waals surface area contributed by atoms with Crippen LogP contribution in [0.1, 0.15) is 23.5 Å². The lowest BCUT2D eigenvalue weighted by molar-refractivity contribution is 0.158. The van der Waals surface area contributed by atoms with Crippen molar-refractivity contribution in [2.75, 3.05) is 20.3 Å². The van der Waals surface area contributed by atoms with Crippen LogP contribution in [0.2, 0.25) is 10.0 Å². The van der Waals surface area contributed by atoms with E-state index in [1.165, 1.54) is 0 Å². The zero-order chi connectivity index (χ0) is 20.4. The number of thiocarbonyl (C=S) groups is 1. The molecule has 0 unspecified atom stereocenters. The highest BCUT2D eigenvalue weighted by Gasteiger charge is 2.41. The summed E-state index contributed by atoms with van der Waals surface area (Å²) in [6.45, 7) is 1.18. The molecule has 2 aromatic heterocycles. The van der Waals surface area contributed by atoms with Crippen molar-refractivity contribution in [3.8, 4) is 11.3 Å². The molecule has 0 radical (unpaired) electrons. The van der Waals surface area contributed by atoms with Gasteiger partial charge in [-0.3, -0.25) is 4.98 Å². The first-order valence-electron chi connectivity index (χ1n) is 9.10. The molecule has 4 rings (SSSR count). The predicted octanol–water partition coefficient (Wildman–Crippen LogP) is 5.27. The van der Waals surface area contributed by atoms with Gasteiger partial charge in [0.25, 0.3) is 0 Å². The number of furan rings is 1. The highest BCUT2D eigenvalue weighted by Crippen LogP contribution is 2.41. The van der Waals surface area contributed by atoms with E-state index in [0.717, 1.165) is 17.0 Å². The van der Waals surface area contributed by atoms with Crippen LogP contribution in [0.4, 0.5) is 0 Å². The van der Waals surface area contributed by atoms with Crippen molar-refractivity contribution in [1.29, 1.82) is 0 Å². The number of methoxy groups -OCH3 is 1. The molecule has 0 bridgehead atoms.